The van der Waals surface area contributed by atoms with E-state index in [-0.39, 0.29) is 10.7 Å². The molecule has 10 heteroatoms. The van der Waals surface area contributed by atoms with Gasteiger partial charge in [0.1, 0.15) is 11.0 Å². The smallest absolute Gasteiger partial charge is 0.416 e. The molecule has 1 aliphatic heterocycles. The van der Waals surface area contributed by atoms with Crippen molar-refractivity contribution in [3.63, 3.8) is 0 Å². The number of rotatable bonds is 4. The van der Waals surface area contributed by atoms with E-state index >= 15 is 0 Å². The van der Waals surface area contributed by atoms with Gasteiger partial charge in [-0.25, -0.2) is 0 Å². The molecule has 2 atom stereocenters. The van der Waals surface area contributed by atoms with Crippen LogP contribution >= 0.6 is 23.4 Å². The van der Waals surface area contributed by atoms with E-state index in [2.05, 4.69) is 10.7 Å². The number of thioether (sulfide) groups is 1. The molecule has 2 N–H and O–H groups in total. The third kappa shape index (κ3) is 4.40. The number of nitrogens with zero attached hydrogens (tertiary/aromatic N) is 1. The van der Waals surface area contributed by atoms with Crippen LogP contribution in [0.25, 0.3) is 0 Å². The first-order valence-corrected chi connectivity index (χ1v) is 10.9. The van der Waals surface area contributed by atoms with Crippen LogP contribution in [-0.4, -0.2) is 22.9 Å². The fraction of sp³-hybridized carbons (Fsp3) is 0.227. The number of methoxy groups -OCH3 is 1. The van der Waals surface area contributed by atoms with Gasteiger partial charge in [0.05, 0.1) is 34.5 Å². The van der Waals surface area contributed by atoms with Crippen molar-refractivity contribution in [3.05, 3.63) is 76.4 Å². The van der Waals surface area contributed by atoms with Crippen LogP contribution in [0.4, 0.5) is 18.9 Å². The Kier molecular flexibility index (Phi) is 6.05. The lowest BCUT2D eigenvalue weighted by molar-refractivity contribution is -0.137. The van der Waals surface area contributed by atoms with E-state index in [1.807, 2.05) is 35.9 Å². The topological polar surface area (TPSA) is 55.3 Å². The van der Waals surface area contributed by atoms with Crippen LogP contribution in [0, 0.1) is 6.92 Å². The Morgan fingerprint density at radius 1 is 1.16 bits per heavy atom. The van der Waals surface area contributed by atoms with Gasteiger partial charge in [0.25, 0.3) is 0 Å². The van der Waals surface area contributed by atoms with Crippen molar-refractivity contribution in [2.45, 2.75) is 29.4 Å². The maximum Gasteiger partial charge on any atom is 0.416 e. The Morgan fingerprint density at radius 3 is 2.53 bits per heavy atom. The highest BCUT2D eigenvalue weighted by molar-refractivity contribution is 8.00. The molecule has 0 radical (unpaired) electrons. The number of halogens is 4. The summed E-state index contributed by atoms with van der Waals surface area (Å²) in [5.41, 5.74) is 4.17. The molecule has 0 fully saturated rings. The van der Waals surface area contributed by atoms with Crippen molar-refractivity contribution in [2.75, 3.05) is 17.9 Å². The largest absolute Gasteiger partial charge is 0.497 e. The minimum Gasteiger partial charge on any atom is -0.497 e. The predicted octanol–water partition coefficient (Wildman–Crippen LogP) is 5.88. The number of alkyl halides is 3. The molecule has 3 aromatic rings. The molecule has 0 saturated heterocycles. The average Bonchev–Trinajstić information content (AvgIpc) is 3.13. The molecule has 0 unspecified atom stereocenters. The number of ether oxygens (including phenoxy) is 1. The lowest BCUT2D eigenvalue weighted by Crippen LogP contribution is -2.41. The van der Waals surface area contributed by atoms with Crippen LogP contribution in [-0.2, 0) is 11.0 Å². The summed E-state index contributed by atoms with van der Waals surface area (Å²) in [5, 5.41) is 2.77. The van der Waals surface area contributed by atoms with Gasteiger partial charge < -0.3 is 15.5 Å². The highest BCUT2D eigenvalue weighted by Crippen LogP contribution is 2.40. The van der Waals surface area contributed by atoms with Gasteiger partial charge >= 0.3 is 6.18 Å². The van der Waals surface area contributed by atoms with E-state index in [1.165, 1.54) is 11.8 Å². The minimum atomic E-state index is -4.55. The Hall–Kier alpha value is -2.78. The maximum absolute atomic E-state index is 13.3. The number of aromatic nitrogens is 1. The van der Waals surface area contributed by atoms with Gasteiger partial charge in [0.15, 0.2) is 0 Å². The molecule has 0 aliphatic carbocycles. The Labute approximate surface area is 191 Å². The lowest BCUT2D eigenvalue weighted by atomic mass is 10.0. The number of benzene rings is 2. The predicted molar refractivity (Wildman–Crippen MR) is 119 cm³/mol. The summed E-state index contributed by atoms with van der Waals surface area (Å²) in [6, 6.07) is 13.5. The van der Waals surface area contributed by atoms with E-state index < -0.39 is 28.9 Å². The number of amides is 1. The van der Waals surface area contributed by atoms with Crippen molar-refractivity contribution in [3.8, 4) is 5.75 Å². The standard InChI is InChI=1S/C22H19ClF3N3O2S/c1-12-3-10-18-29(12)28-19(13-4-7-15(31-2)8-5-13)20(32-18)21(30)27-17-11-14(22(24,25)26)6-9-16(17)23/h3-11,19-20,28H,1-2H3,(H,27,30)/t19-,20+/m1/s1. The molecular formula is C22H19ClF3N3O2S. The van der Waals surface area contributed by atoms with E-state index in [1.54, 1.807) is 19.2 Å². The highest BCUT2D eigenvalue weighted by Gasteiger charge is 2.37. The van der Waals surface area contributed by atoms with Crippen molar-refractivity contribution >= 4 is 35.0 Å². The Balaban J connectivity index is 1.67. The van der Waals surface area contributed by atoms with Crippen LogP contribution in [0.5, 0.6) is 5.75 Å². The van der Waals surface area contributed by atoms with Gasteiger partial charge in [-0.15, -0.1) is 0 Å². The molecule has 0 saturated carbocycles. The molecule has 2 heterocycles. The Morgan fingerprint density at radius 2 is 1.88 bits per heavy atom. The van der Waals surface area contributed by atoms with E-state index in [0.29, 0.717) is 5.75 Å². The summed E-state index contributed by atoms with van der Waals surface area (Å²) in [6.45, 7) is 1.94. The zero-order valence-electron chi connectivity index (χ0n) is 17.0. The molecule has 1 aliphatic rings. The van der Waals surface area contributed by atoms with Crippen LogP contribution in [0.3, 0.4) is 0 Å². The quantitative estimate of drug-likeness (QED) is 0.489. The number of nitrogens with one attached hydrogen (secondary N) is 2. The summed E-state index contributed by atoms with van der Waals surface area (Å²) >= 11 is 7.40. The second-order valence-electron chi connectivity index (χ2n) is 7.25. The number of hydrogen-bond donors (Lipinski definition) is 2. The number of carbonyl (C=O) groups excluding carboxylic acids is 1. The highest BCUT2D eigenvalue weighted by atomic mass is 35.5. The third-order valence-corrected chi connectivity index (χ3v) is 6.77. The van der Waals surface area contributed by atoms with Crippen LogP contribution in [0.2, 0.25) is 5.02 Å². The van der Waals surface area contributed by atoms with Gasteiger partial charge in [0.2, 0.25) is 5.91 Å². The normalized spacial score (nSPS) is 17.9. The number of carbonyl (C=O) groups is 1. The van der Waals surface area contributed by atoms with Crippen LogP contribution < -0.4 is 15.5 Å². The second-order valence-corrected chi connectivity index (χ2v) is 8.82. The fourth-order valence-corrected chi connectivity index (χ4v) is 4.84. The summed E-state index contributed by atoms with van der Waals surface area (Å²) in [5.74, 6) is 0.210. The summed E-state index contributed by atoms with van der Waals surface area (Å²) in [4.78, 5) is 13.3. The number of fused-ring (bicyclic) bond motifs is 1. The van der Waals surface area contributed by atoms with E-state index in [9.17, 15) is 18.0 Å². The van der Waals surface area contributed by atoms with Crippen LogP contribution in [0.15, 0.2) is 59.6 Å². The summed E-state index contributed by atoms with van der Waals surface area (Å²) in [7, 11) is 1.56. The van der Waals surface area contributed by atoms with E-state index in [4.69, 9.17) is 16.3 Å². The zero-order valence-corrected chi connectivity index (χ0v) is 18.6. The van der Waals surface area contributed by atoms with E-state index in [0.717, 1.165) is 34.5 Å². The summed E-state index contributed by atoms with van der Waals surface area (Å²) in [6.07, 6.45) is -4.55. The molecule has 168 valence electrons. The van der Waals surface area contributed by atoms with Gasteiger partial charge in [-0.05, 0) is 55.0 Å². The first-order valence-electron chi connectivity index (χ1n) is 9.60. The molecule has 5 nitrogen and oxygen atoms in total. The molecular weight excluding hydrogens is 463 g/mol. The van der Waals surface area contributed by atoms with Gasteiger partial charge in [0, 0.05) is 5.69 Å². The Bertz CT molecular complexity index is 1150. The zero-order chi connectivity index (χ0) is 23.0. The maximum atomic E-state index is 13.3. The van der Waals surface area contributed by atoms with Gasteiger partial charge in [-0.1, -0.05) is 35.5 Å². The van der Waals surface area contributed by atoms with Crippen molar-refractivity contribution in [1.82, 2.24) is 4.68 Å². The average molecular weight is 482 g/mol. The van der Waals surface area contributed by atoms with Crippen LogP contribution in [0.1, 0.15) is 22.9 Å². The number of aryl methyl sites for hydroxylation is 1. The summed E-state index contributed by atoms with van der Waals surface area (Å²) < 4.78 is 46.5. The molecule has 2 aromatic carbocycles. The number of anilines is 1. The monoisotopic (exact) mass is 481 g/mol. The first kappa shape index (κ1) is 22.4. The third-order valence-electron chi connectivity index (χ3n) is 5.14. The molecule has 0 bridgehead atoms. The molecule has 1 aromatic heterocycles. The fourth-order valence-electron chi connectivity index (χ4n) is 3.44. The minimum absolute atomic E-state index is 0.0281. The molecule has 32 heavy (non-hydrogen) atoms. The number of hydrogen-bond acceptors (Lipinski definition) is 4. The van der Waals surface area contributed by atoms with Gasteiger partial charge in [-0.2, -0.15) is 13.2 Å². The van der Waals surface area contributed by atoms with Crippen molar-refractivity contribution in [2.24, 2.45) is 0 Å². The van der Waals surface area contributed by atoms with Crippen molar-refractivity contribution < 1.29 is 22.7 Å². The molecule has 1 amide bonds. The SMILES string of the molecule is COc1ccc([C@H]2Nn3c(C)ccc3S[C@@H]2C(=O)Nc2cc(C(F)(F)F)ccc2Cl)cc1. The first-order chi connectivity index (χ1) is 15.2. The second kappa shape index (κ2) is 8.63. The van der Waals surface area contributed by atoms with Crippen molar-refractivity contribution in [1.29, 1.82) is 0 Å². The molecule has 0 spiro atoms. The van der Waals surface area contributed by atoms with Gasteiger partial charge in [-0.3, -0.25) is 9.47 Å². The lowest BCUT2D eigenvalue weighted by Gasteiger charge is -2.34. The molecule has 4 rings (SSSR count).